The van der Waals surface area contributed by atoms with E-state index in [-0.39, 0.29) is 0 Å². The highest BCUT2D eigenvalue weighted by molar-refractivity contribution is 5.70. The van der Waals surface area contributed by atoms with Crippen LogP contribution in [0.1, 0.15) is 51.9 Å². The van der Waals surface area contributed by atoms with E-state index in [0.717, 1.165) is 6.42 Å². The van der Waals surface area contributed by atoms with E-state index in [1.165, 1.54) is 44.1 Å². The molecular formula is C15H25N. The number of unbranched alkanes of at least 4 members (excludes halogenated alkanes) is 5. The Balaban J connectivity index is 3.62. The SMILES string of the molecule is C=C/C=N\C=C(/C=C)CCCCCCCC. The highest BCUT2D eigenvalue weighted by Gasteiger charge is 1.93. The lowest BCUT2D eigenvalue weighted by atomic mass is 10.1. The first kappa shape index (κ1) is 14.9. The predicted octanol–water partition coefficient (Wildman–Crippen LogP) is 5.06. The molecule has 0 aromatic rings. The van der Waals surface area contributed by atoms with E-state index in [0.29, 0.717) is 0 Å². The molecule has 0 aromatic heterocycles. The Morgan fingerprint density at radius 3 is 2.38 bits per heavy atom. The van der Waals surface area contributed by atoms with Crippen molar-refractivity contribution >= 4 is 6.21 Å². The fraction of sp³-hybridized carbons (Fsp3) is 0.533. The number of hydrogen-bond donors (Lipinski definition) is 0. The van der Waals surface area contributed by atoms with Crippen molar-refractivity contribution in [2.45, 2.75) is 51.9 Å². The van der Waals surface area contributed by atoms with Crippen LogP contribution < -0.4 is 0 Å². The van der Waals surface area contributed by atoms with Gasteiger partial charge in [0.25, 0.3) is 0 Å². The molecule has 90 valence electrons. The van der Waals surface area contributed by atoms with Gasteiger partial charge in [-0.15, -0.1) is 0 Å². The third-order valence-electron chi connectivity index (χ3n) is 2.51. The van der Waals surface area contributed by atoms with E-state index in [9.17, 15) is 0 Å². The van der Waals surface area contributed by atoms with Crippen molar-refractivity contribution in [3.8, 4) is 0 Å². The monoisotopic (exact) mass is 219 g/mol. The lowest BCUT2D eigenvalue weighted by molar-refractivity contribution is 0.608. The molecule has 0 heterocycles. The number of aliphatic imine (C=N–C) groups is 1. The Bertz CT molecular complexity index is 236. The minimum atomic E-state index is 1.09. The van der Waals surface area contributed by atoms with E-state index in [2.05, 4.69) is 25.1 Å². The van der Waals surface area contributed by atoms with Gasteiger partial charge in [0.2, 0.25) is 0 Å². The number of allylic oxidation sites excluding steroid dienone is 3. The number of rotatable bonds is 10. The van der Waals surface area contributed by atoms with Crippen molar-refractivity contribution in [2.75, 3.05) is 0 Å². The Kier molecular flexibility index (Phi) is 11.1. The van der Waals surface area contributed by atoms with Crippen molar-refractivity contribution in [1.82, 2.24) is 0 Å². The molecule has 0 aliphatic rings. The summed E-state index contributed by atoms with van der Waals surface area (Å²) >= 11 is 0. The maximum absolute atomic E-state index is 4.11. The Morgan fingerprint density at radius 1 is 1.06 bits per heavy atom. The van der Waals surface area contributed by atoms with Crippen molar-refractivity contribution in [1.29, 1.82) is 0 Å². The molecule has 0 fully saturated rings. The molecule has 0 unspecified atom stereocenters. The van der Waals surface area contributed by atoms with Gasteiger partial charge in [-0.05, 0) is 18.4 Å². The number of nitrogens with zero attached hydrogens (tertiary/aromatic N) is 1. The van der Waals surface area contributed by atoms with E-state index >= 15 is 0 Å². The lowest BCUT2D eigenvalue weighted by Gasteiger charge is -2.01. The molecule has 0 N–H and O–H groups in total. The maximum atomic E-state index is 4.11. The van der Waals surface area contributed by atoms with Gasteiger partial charge in [-0.3, -0.25) is 4.99 Å². The fourth-order valence-electron chi connectivity index (χ4n) is 1.53. The molecular weight excluding hydrogens is 194 g/mol. The van der Waals surface area contributed by atoms with Gasteiger partial charge in [0.1, 0.15) is 0 Å². The summed E-state index contributed by atoms with van der Waals surface area (Å²) < 4.78 is 0. The third-order valence-corrected chi connectivity index (χ3v) is 2.51. The summed E-state index contributed by atoms with van der Waals surface area (Å²) in [5, 5.41) is 0. The van der Waals surface area contributed by atoms with Crippen molar-refractivity contribution in [3.05, 3.63) is 37.1 Å². The lowest BCUT2D eigenvalue weighted by Crippen LogP contribution is -1.82. The molecule has 1 heteroatoms. The largest absolute Gasteiger partial charge is 0.264 e. The van der Waals surface area contributed by atoms with Crippen LogP contribution in [0.2, 0.25) is 0 Å². The van der Waals surface area contributed by atoms with Crippen LogP contribution in [0, 0.1) is 0 Å². The van der Waals surface area contributed by atoms with E-state index in [4.69, 9.17) is 0 Å². The average molecular weight is 219 g/mol. The molecule has 16 heavy (non-hydrogen) atoms. The van der Waals surface area contributed by atoms with Crippen LogP contribution >= 0.6 is 0 Å². The smallest absolute Gasteiger partial charge is 0.0299 e. The summed E-state index contributed by atoms with van der Waals surface area (Å²) in [5.74, 6) is 0. The quantitative estimate of drug-likeness (QED) is 0.276. The molecule has 0 aliphatic heterocycles. The van der Waals surface area contributed by atoms with E-state index in [1.54, 1.807) is 12.3 Å². The highest BCUT2D eigenvalue weighted by Crippen LogP contribution is 2.12. The standard InChI is InChI=1S/C15H25N/c1-4-7-8-9-10-11-12-15(6-3)14-16-13-5-2/h5-6,13-14H,2-4,7-12H2,1H3/b15-14+,16-13-. The van der Waals surface area contributed by atoms with Crippen LogP contribution in [0.4, 0.5) is 0 Å². The molecule has 1 nitrogen and oxygen atoms in total. The first-order valence-corrected chi connectivity index (χ1v) is 6.30. The van der Waals surface area contributed by atoms with Gasteiger partial charge in [-0.1, -0.05) is 64.3 Å². The van der Waals surface area contributed by atoms with Gasteiger partial charge in [0.05, 0.1) is 0 Å². The second kappa shape index (κ2) is 12.0. The van der Waals surface area contributed by atoms with Crippen LogP contribution in [0.15, 0.2) is 42.1 Å². The van der Waals surface area contributed by atoms with Gasteiger partial charge < -0.3 is 0 Å². The topological polar surface area (TPSA) is 12.4 Å². The van der Waals surface area contributed by atoms with Crippen molar-refractivity contribution in [3.63, 3.8) is 0 Å². The molecule has 0 atom stereocenters. The molecule has 0 radical (unpaired) electrons. The van der Waals surface area contributed by atoms with Crippen LogP contribution in [0.3, 0.4) is 0 Å². The summed E-state index contributed by atoms with van der Waals surface area (Å²) in [7, 11) is 0. The van der Waals surface area contributed by atoms with Crippen molar-refractivity contribution in [2.24, 2.45) is 4.99 Å². The highest BCUT2D eigenvalue weighted by atomic mass is 14.7. The predicted molar refractivity (Wildman–Crippen MR) is 75.0 cm³/mol. The summed E-state index contributed by atoms with van der Waals surface area (Å²) in [6, 6.07) is 0. The molecule has 0 saturated heterocycles. The van der Waals surface area contributed by atoms with Gasteiger partial charge in [0.15, 0.2) is 0 Å². The van der Waals surface area contributed by atoms with Gasteiger partial charge in [-0.2, -0.15) is 0 Å². The minimum absolute atomic E-state index is 1.09. The first-order chi connectivity index (χ1) is 7.85. The van der Waals surface area contributed by atoms with Crippen LogP contribution in [-0.2, 0) is 0 Å². The zero-order valence-electron chi connectivity index (χ0n) is 10.6. The summed E-state index contributed by atoms with van der Waals surface area (Å²) in [4.78, 5) is 4.11. The van der Waals surface area contributed by atoms with Crippen LogP contribution in [0.5, 0.6) is 0 Å². The van der Waals surface area contributed by atoms with Crippen LogP contribution in [0.25, 0.3) is 0 Å². The normalized spacial score (nSPS) is 11.9. The fourth-order valence-corrected chi connectivity index (χ4v) is 1.53. The Labute approximate surface area is 101 Å². The second-order valence-corrected chi connectivity index (χ2v) is 3.96. The minimum Gasteiger partial charge on any atom is -0.264 e. The summed E-state index contributed by atoms with van der Waals surface area (Å²) in [5.41, 5.74) is 1.22. The molecule has 0 spiro atoms. The zero-order chi connectivity index (χ0) is 12.1. The second-order valence-electron chi connectivity index (χ2n) is 3.96. The molecule has 0 aromatic carbocycles. The molecule has 0 amide bonds. The Morgan fingerprint density at radius 2 is 1.75 bits per heavy atom. The number of hydrogen-bond acceptors (Lipinski definition) is 1. The zero-order valence-corrected chi connectivity index (χ0v) is 10.6. The summed E-state index contributed by atoms with van der Waals surface area (Å²) in [6.45, 7) is 9.63. The Hall–Kier alpha value is -1.11. The average Bonchev–Trinajstić information content (AvgIpc) is 2.31. The summed E-state index contributed by atoms with van der Waals surface area (Å²) in [6.07, 6.45) is 16.2. The first-order valence-electron chi connectivity index (χ1n) is 6.30. The molecule has 0 bridgehead atoms. The van der Waals surface area contributed by atoms with Gasteiger partial charge in [0, 0.05) is 12.4 Å². The van der Waals surface area contributed by atoms with E-state index < -0.39 is 0 Å². The van der Waals surface area contributed by atoms with Gasteiger partial charge in [-0.25, -0.2) is 0 Å². The molecule has 0 rings (SSSR count). The maximum Gasteiger partial charge on any atom is 0.0299 e. The van der Waals surface area contributed by atoms with E-state index in [1.807, 2.05) is 12.3 Å². The molecule has 0 saturated carbocycles. The van der Waals surface area contributed by atoms with Crippen molar-refractivity contribution < 1.29 is 0 Å². The van der Waals surface area contributed by atoms with Gasteiger partial charge >= 0.3 is 0 Å². The third kappa shape index (κ3) is 9.45. The van der Waals surface area contributed by atoms with Crippen LogP contribution in [-0.4, -0.2) is 6.21 Å². The molecule has 0 aliphatic carbocycles.